The highest BCUT2D eigenvalue weighted by atomic mass is 32.2. The molecule has 1 aliphatic rings. The molecule has 2 aromatic rings. The molecule has 152 valence electrons. The number of piperidine rings is 1. The lowest BCUT2D eigenvalue weighted by molar-refractivity contribution is 0.0284. The molecule has 2 aromatic carbocycles. The van der Waals surface area contributed by atoms with Gasteiger partial charge in [0.25, 0.3) is 0 Å². The monoisotopic (exact) mass is 403 g/mol. The Morgan fingerprint density at radius 2 is 1.64 bits per heavy atom. The molecule has 0 bridgehead atoms. The predicted octanol–water partition coefficient (Wildman–Crippen LogP) is 2.89. The molecule has 28 heavy (non-hydrogen) atoms. The fourth-order valence-electron chi connectivity index (χ4n) is 4.11. The van der Waals surface area contributed by atoms with Gasteiger partial charge in [0.2, 0.25) is 10.0 Å². The van der Waals surface area contributed by atoms with Gasteiger partial charge in [-0.15, -0.1) is 0 Å². The molecule has 2 N–H and O–H groups in total. The summed E-state index contributed by atoms with van der Waals surface area (Å²) < 4.78 is 28.7. The third-order valence-corrected chi connectivity index (χ3v) is 7.35. The highest BCUT2D eigenvalue weighted by Crippen LogP contribution is 2.34. The molecule has 0 saturated carbocycles. The fourth-order valence-corrected chi connectivity index (χ4v) is 5.95. The lowest BCUT2D eigenvalue weighted by Gasteiger charge is -2.43. The molecule has 0 amide bonds. The Morgan fingerprint density at radius 3 is 2.25 bits per heavy atom. The molecular weight excluding hydrogens is 374 g/mol. The third-order valence-electron chi connectivity index (χ3n) is 5.33. The number of nitrogens with zero attached hydrogens (tertiary/aromatic N) is 1. The molecule has 1 heterocycles. The van der Waals surface area contributed by atoms with Gasteiger partial charge in [0.1, 0.15) is 0 Å². The standard InChI is InChI=1S/C22H29NO4S/c1-16-8-10-22(11-9-16)28(26,27)23-19(12-17(2)24)14-21(25)15-20(23)13-18-6-4-3-5-7-18/h3-11,17,19-21,24-25H,12-15H2,1-2H3/t17-,19+,20-,21+/m0/s1. The number of aryl methyl sites for hydroxylation is 1. The van der Waals surface area contributed by atoms with Crippen LogP contribution in [0.4, 0.5) is 0 Å². The van der Waals surface area contributed by atoms with E-state index in [9.17, 15) is 18.6 Å². The number of benzene rings is 2. The maximum atomic E-state index is 13.6. The van der Waals surface area contributed by atoms with Crippen LogP contribution in [0.5, 0.6) is 0 Å². The second kappa shape index (κ2) is 8.74. The number of sulfonamides is 1. The fraction of sp³-hybridized carbons (Fsp3) is 0.455. The molecule has 0 aromatic heterocycles. The zero-order chi connectivity index (χ0) is 20.3. The van der Waals surface area contributed by atoms with Crippen LogP contribution in [0.2, 0.25) is 0 Å². The van der Waals surface area contributed by atoms with Crippen molar-refractivity contribution in [1.82, 2.24) is 4.31 Å². The molecule has 0 spiro atoms. The van der Waals surface area contributed by atoms with Gasteiger partial charge in [-0.1, -0.05) is 48.0 Å². The topological polar surface area (TPSA) is 77.8 Å². The number of hydrogen-bond acceptors (Lipinski definition) is 4. The van der Waals surface area contributed by atoms with Crippen molar-refractivity contribution in [2.45, 2.75) is 68.7 Å². The first-order chi connectivity index (χ1) is 13.3. The van der Waals surface area contributed by atoms with Crippen LogP contribution in [0.15, 0.2) is 59.5 Å². The molecule has 6 heteroatoms. The lowest BCUT2D eigenvalue weighted by Crippen LogP contribution is -2.54. The number of aliphatic hydroxyl groups is 2. The minimum absolute atomic E-state index is 0.253. The summed E-state index contributed by atoms with van der Waals surface area (Å²) in [5.74, 6) is 0. The molecule has 1 saturated heterocycles. The minimum atomic E-state index is -3.76. The summed E-state index contributed by atoms with van der Waals surface area (Å²) in [5, 5.41) is 20.4. The van der Waals surface area contributed by atoms with Crippen molar-refractivity contribution < 1.29 is 18.6 Å². The van der Waals surface area contributed by atoms with Crippen molar-refractivity contribution in [2.75, 3.05) is 0 Å². The van der Waals surface area contributed by atoms with Crippen molar-refractivity contribution in [2.24, 2.45) is 0 Å². The lowest BCUT2D eigenvalue weighted by atomic mass is 9.89. The predicted molar refractivity (Wildman–Crippen MR) is 109 cm³/mol. The summed E-state index contributed by atoms with van der Waals surface area (Å²) in [6.45, 7) is 3.58. The summed E-state index contributed by atoms with van der Waals surface area (Å²) in [4.78, 5) is 0.253. The van der Waals surface area contributed by atoms with E-state index in [0.717, 1.165) is 11.1 Å². The van der Waals surface area contributed by atoms with Crippen LogP contribution in [0.3, 0.4) is 0 Å². The molecule has 4 atom stereocenters. The SMILES string of the molecule is Cc1ccc(S(=O)(=O)N2[C@@H](Cc3ccccc3)C[C@H](O)C[C@H]2C[C@H](C)O)cc1. The average Bonchev–Trinajstić information content (AvgIpc) is 2.61. The van der Waals surface area contributed by atoms with Crippen LogP contribution in [0.25, 0.3) is 0 Å². The summed E-state index contributed by atoms with van der Waals surface area (Å²) >= 11 is 0. The van der Waals surface area contributed by atoms with E-state index in [1.165, 1.54) is 0 Å². The van der Waals surface area contributed by atoms with Crippen LogP contribution in [-0.4, -0.2) is 47.2 Å². The van der Waals surface area contributed by atoms with Crippen LogP contribution in [-0.2, 0) is 16.4 Å². The van der Waals surface area contributed by atoms with Gasteiger partial charge in [-0.3, -0.25) is 0 Å². The van der Waals surface area contributed by atoms with E-state index in [4.69, 9.17) is 0 Å². The van der Waals surface area contributed by atoms with Crippen molar-refractivity contribution in [3.8, 4) is 0 Å². The van der Waals surface area contributed by atoms with Gasteiger partial charge in [-0.2, -0.15) is 4.31 Å². The third kappa shape index (κ3) is 4.81. The summed E-state index contributed by atoms with van der Waals surface area (Å²) in [7, 11) is -3.76. The van der Waals surface area contributed by atoms with E-state index in [1.807, 2.05) is 37.3 Å². The Bertz CT molecular complexity index is 863. The summed E-state index contributed by atoms with van der Waals surface area (Å²) in [6, 6.07) is 15.8. The van der Waals surface area contributed by atoms with Crippen LogP contribution < -0.4 is 0 Å². The molecular formula is C22H29NO4S. The van der Waals surface area contributed by atoms with Crippen molar-refractivity contribution in [3.05, 3.63) is 65.7 Å². The van der Waals surface area contributed by atoms with Gasteiger partial charge in [-0.05, 0) is 57.2 Å². The van der Waals surface area contributed by atoms with Crippen LogP contribution in [0.1, 0.15) is 37.3 Å². The molecule has 3 rings (SSSR count). The van der Waals surface area contributed by atoms with Crippen molar-refractivity contribution in [3.63, 3.8) is 0 Å². The maximum absolute atomic E-state index is 13.6. The second-order valence-corrected chi connectivity index (χ2v) is 9.70. The number of rotatable bonds is 6. The van der Waals surface area contributed by atoms with E-state index < -0.39 is 28.3 Å². The van der Waals surface area contributed by atoms with E-state index in [-0.39, 0.29) is 10.9 Å². The largest absolute Gasteiger partial charge is 0.393 e. The average molecular weight is 404 g/mol. The van der Waals surface area contributed by atoms with Crippen molar-refractivity contribution in [1.29, 1.82) is 0 Å². The van der Waals surface area contributed by atoms with Crippen LogP contribution >= 0.6 is 0 Å². The smallest absolute Gasteiger partial charge is 0.243 e. The summed E-state index contributed by atoms with van der Waals surface area (Å²) in [5.41, 5.74) is 2.02. The zero-order valence-electron chi connectivity index (χ0n) is 16.4. The van der Waals surface area contributed by atoms with Gasteiger partial charge in [0.15, 0.2) is 0 Å². The number of aliphatic hydroxyl groups excluding tert-OH is 2. The molecule has 0 radical (unpaired) electrons. The normalized spacial score (nSPS) is 24.8. The first-order valence-electron chi connectivity index (χ1n) is 9.77. The van der Waals surface area contributed by atoms with Gasteiger partial charge in [-0.25, -0.2) is 8.42 Å². The molecule has 0 unspecified atom stereocenters. The second-order valence-electron chi connectivity index (χ2n) is 7.86. The van der Waals surface area contributed by atoms with E-state index in [1.54, 1.807) is 35.5 Å². The Balaban J connectivity index is 2.00. The van der Waals surface area contributed by atoms with Gasteiger partial charge < -0.3 is 10.2 Å². The molecule has 0 aliphatic carbocycles. The van der Waals surface area contributed by atoms with Crippen LogP contribution in [0, 0.1) is 6.92 Å². The molecule has 1 aliphatic heterocycles. The first-order valence-corrected chi connectivity index (χ1v) is 11.2. The Kier molecular flexibility index (Phi) is 6.55. The van der Waals surface area contributed by atoms with Gasteiger partial charge in [0, 0.05) is 12.1 Å². The molecule has 1 fully saturated rings. The van der Waals surface area contributed by atoms with Crippen molar-refractivity contribution >= 4 is 10.0 Å². The van der Waals surface area contributed by atoms with E-state index in [2.05, 4.69) is 0 Å². The Hall–Kier alpha value is -1.73. The highest BCUT2D eigenvalue weighted by Gasteiger charge is 2.42. The Morgan fingerprint density at radius 1 is 1.04 bits per heavy atom. The Labute approximate surface area is 167 Å². The minimum Gasteiger partial charge on any atom is -0.393 e. The maximum Gasteiger partial charge on any atom is 0.243 e. The summed E-state index contributed by atoms with van der Waals surface area (Å²) in [6.07, 6.45) is 0.315. The van der Waals surface area contributed by atoms with Gasteiger partial charge in [0.05, 0.1) is 17.1 Å². The quantitative estimate of drug-likeness (QED) is 0.777. The zero-order valence-corrected chi connectivity index (χ0v) is 17.2. The molecule has 5 nitrogen and oxygen atoms in total. The first kappa shape index (κ1) is 21.0. The van der Waals surface area contributed by atoms with E-state index >= 15 is 0 Å². The highest BCUT2D eigenvalue weighted by molar-refractivity contribution is 7.89. The van der Waals surface area contributed by atoms with Gasteiger partial charge >= 0.3 is 0 Å². The number of hydrogen-bond donors (Lipinski definition) is 2. The van der Waals surface area contributed by atoms with E-state index in [0.29, 0.717) is 25.7 Å².